The Labute approximate surface area is 332 Å². The highest BCUT2D eigenvalue weighted by Gasteiger charge is 2.23. The lowest BCUT2D eigenvalue weighted by Gasteiger charge is -2.30. The van der Waals surface area contributed by atoms with Crippen LogP contribution in [0.25, 0.3) is 43.1 Å². The molecule has 0 saturated heterocycles. The third kappa shape index (κ3) is 5.87. The van der Waals surface area contributed by atoms with Gasteiger partial charge in [0.2, 0.25) is 0 Å². The van der Waals surface area contributed by atoms with E-state index >= 15 is 0 Å². The maximum atomic E-state index is 2.45. The van der Waals surface area contributed by atoms with Crippen LogP contribution in [-0.4, -0.2) is 0 Å². The number of hydrogen-bond acceptors (Lipinski definition) is 2. The zero-order chi connectivity index (χ0) is 38.8. The smallest absolute Gasteiger partial charge is 0.0540 e. The molecule has 9 aromatic carbocycles. The second-order valence-corrected chi connectivity index (χ2v) is 16.4. The summed E-state index contributed by atoms with van der Waals surface area (Å²) in [5.74, 6) is 0.947. The van der Waals surface area contributed by atoms with Crippen LogP contribution in [0.3, 0.4) is 0 Å². The van der Waals surface area contributed by atoms with Gasteiger partial charge in [-0.15, -0.1) is 0 Å². The van der Waals surface area contributed by atoms with Gasteiger partial charge in [-0.1, -0.05) is 113 Å². The Morgan fingerprint density at radius 1 is 0.321 bits per heavy atom. The molecule has 0 aliphatic carbocycles. The van der Waals surface area contributed by atoms with Gasteiger partial charge in [-0.3, -0.25) is 0 Å². The highest BCUT2D eigenvalue weighted by Crippen LogP contribution is 2.49. The predicted octanol–water partition coefficient (Wildman–Crippen LogP) is 16.2. The van der Waals surface area contributed by atoms with Crippen LogP contribution in [-0.2, 0) is 0 Å². The maximum Gasteiger partial charge on any atom is 0.0540 e. The monoisotopic (exact) mass is 726 g/mol. The molecule has 0 saturated carbocycles. The van der Waals surface area contributed by atoms with Gasteiger partial charge in [0.05, 0.1) is 11.4 Å². The number of nitrogens with zero attached hydrogens (tertiary/aromatic N) is 2. The molecular formula is C54H50N2. The van der Waals surface area contributed by atoms with Gasteiger partial charge in [-0.05, 0) is 166 Å². The lowest BCUT2D eigenvalue weighted by molar-refractivity contribution is 0.866. The van der Waals surface area contributed by atoms with E-state index in [1.807, 2.05) is 0 Å². The largest absolute Gasteiger partial charge is 0.310 e. The molecule has 0 N–H and O–H groups in total. The summed E-state index contributed by atoms with van der Waals surface area (Å²) in [6.45, 7) is 17.8. The number of anilines is 6. The molecule has 0 bridgehead atoms. The lowest BCUT2D eigenvalue weighted by atomic mass is 9.88. The molecule has 0 spiro atoms. The maximum absolute atomic E-state index is 2.45. The van der Waals surface area contributed by atoms with Crippen LogP contribution in [0.1, 0.15) is 72.9 Å². The van der Waals surface area contributed by atoms with Gasteiger partial charge >= 0.3 is 0 Å². The van der Waals surface area contributed by atoms with Gasteiger partial charge in [0.15, 0.2) is 0 Å². The Balaban J connectivity index is 1.29. The minimum atomic E-state index is 0.474. The molecule has 0 unspecified atom stereocenters. The van der Waals surface area contributed by atoms with Crippen molar-refractivity contribution in [2.45, 2.75) is 67.2 Å². The number of benzene rings is 9. The van der Waals surface area contributed by atoms with Gasteiger partial charge in [-0.2, -0.15) is 0 Å². The second kappa shape index (κ2) is 13.9. The first kappa shape index (κ1) is 35.6. The van der Waals surface area contributed by atoms with Crippen molar-refractivity contribution in [1.82, 2.24) is 0 Å². The average molecular weight is 727 g/mol. The SMILES string of the molecule is Cc1ccc(N(c2ccc(C(C)C)cc2)c2ccc3c4cccc5c(N(c6ccc(C(C)C)cc6)c6ccc(C)c(C)c6)ccc(c6cccc2c63)c54)cc1C. The molecule has 0 heterocycles. The fourth-order valence-corrected chi connectivity index (χ4v) is 8.67. The van der Waals surface area contributed by atoms with E-state index in [-0.39, 0.29) is 0 Å². The zero-order valence-electron chi connectivity index (χ0n) is 33.9. The van der Waals surface area contributed by atoms with E-state index in [0.717, 1.165) is 11.4 Å². The normalized spacial score (nSPS) is 11.9. The molecule has 276 valence electrons. The Morgan fingerprint density at radius 3 is 1.02 bits per heavy atom. The summed E-state index contributed by atoms with van der Waals surface area (Å²) in [5, 5.41) is 10.2. The minimum Gasteiger partial charge on any atom is -0.310 e. The minimum absolute atomic E-state index is 0.474. The van der Waals surface area contributed by atoms with Crippen LogP contribution >= 0.6 is 0 Å². The van der Waals surface area contributed by atoms with Gasteiger partial charge in [0.25, 0.3) is 0 Å². The Kier molecular flexibility index (Phi) is 8.81. The number of rotatable bonds is 8. The quantitative estimate of drug-likeness (QED) is 0.114. The van der Waals surface area contributed by atoms with Crippen molar-refractivity contribution < 1.29 is 0 Å². The van der Waals surface area contributed by atoms with Crippen molar-refractivity contribution in [3.63, 3.8) is 0 Å². The molecule has 0 aliphatic heterocycles. The van der Waals surface area contributed by atoms with Crippen molar-refractivity contribution in [2.75, 3.05) is 9.80 Å². The standard InChI is InChI=1S/C54H50N2/c1-33(2)39-17-23-41(24-18-39)55(43-21-15-35(5)37(7)31-43)51-29-27-47-46-12-10-14-50-52(30-28-48(54(46)50)45-11-9-13-49(51)53(45)47)56(44-22-16-36(6)38(8)32-44)42-25-19-40(20-26-42)34(3)4/h9-34H,1-8H3. The van der Waals surface area contributed by atoms with Crippen LogP contribution in [0.5, 0.6) is 0 Å². The fourth-order valence-electron chi connectivity index (χ4n) is 8.67. The van der Waals surface area contributed by atoms with E-state index in [0.29, 0.717) is 11.8 Å². The Bertz CT molecular complexity index is 2680. The summed E-state index contributed by atoms with van der Waals surface area (Å²) in [7, 11) is 0. The predicted molar refractivity (Wildman–Crippen MR) is 244 cm³/mol. The molecule has 0 radical (unpaired) electrons. The number of fused-ring (bicyclic) bond motifs is 2. The van der Waals surface area contributed by atoms with Gasteiger partial charge in [0, 0.05) is 33.5 Å². The van der Waals surface area contributed by atoms with Gasteiger partial charge in [-0.25, -0.2) is 0 Å². The second-order valence-electron chi connectivity index (χ2n) is 16.4. The lowest BCUT2D eigenvalue weighted by Crippen LogP contribution is -2.12. The van der Waals surface area contributed by atoms with E-state index in [9.17, 15) is 0 Å². The van der Waals surface area contributed by atoms with Crippen LogP contribution in [0.15, 0.2) is 146 Å². The Morgan fingerprint density at radius 2 is 0.661 bits per heavy atom. The molecule has 9 rings (SSSR count). The van der Waals surface area contributed by atoms with Crippen LogP contribution in [0.2, 0.25) is 0 Å². The summed E-state index contributed by atoms with van der Waals surface area (Å²) in [6, 6.07) is 55.2. The van der Waals surface area contributed by atoms with Crippen LogP contribution < -0.4 is 9.80 Å². The first-order valence-electron chi connectivity index (χ1n) is 20.2. The molecule has 0 amide bonds. The summed E-state index contributed by atoms with van der Waals surface area (Å²) in [4.78, 5) is 4.90. The third-order valence-corrected chi connectivity index (χ3v) is 12.2. The van der Waals surface area contributed by atoms with Gasteiger partial charge in [0.1, 0.15) is 0 Å². The summed E-state index contributed by atoms with van der Waals surface area (Å²) >= 11 is 0. The topological polar surface area (TPSA) is 6.48 Å². The van der Waals surface area contributed by atoms with Crippen molar-refractivity contribution in [3.8, 4) is 0 Å². The van der Waals surface area contributed by atoms with Crippen molar-refractivity contribution >= 4 is 77.2 Å². The van der Waals surface area contributed by atoms with Crippen molar-refractivity contribution in [3.05, 3.63) is 179 Å². The average Bonchev–Trinajstić information content (AvgIpc) is 3.20. The van der Waals surface area contributed by atoms with E-state index in [2.05, 4.69) is 211 Å². The van der Waals surface area contributed by atoms with E-state index in [1.165, 1.54) is 99.2 Å². The highest BCUT2D eigenvalue weighted by atomic mass is 15.1. The molecule has 0 atom stereocenters. The fraction of sp³-hybridized carbons (Fsp3) is 0.185. The summed E-state index contributed by atoms with van der Waals surface area (Å²) < 4.78 is 0. The zero-order valence-corrected chi connectivity index (χ0v) is 33.9. The van der Waals surface area contributed by atoms with Crippen molar-refractivity contribution in [1.29, 1.82) is 0 Å². The molecule has 0 fully saturated rings. The summed E-state index contributed by atoms with van der Waals surface area (Å²) in [6.07, 6.45) is 0. The molecule has 0 aromatic heterocycles. The van der Waals surface area contributed by atoms with E-state index < -0.39 is 0 Å². The van der Waals surface area contributed by atoms with Crippen molar-refractivity contribution in [2.24, 2.45) is 0 Å². The van der Waals surface area contributed by atoms with E-state index in [4.69, 9.17) is 0 Å². The van der Waals surface area contributed by atoms with Crippen LogP contribution in [0.4, 0.5) is 34.1 Å². The molecular weight excluding hydrogens is 677 g/mol. The number of aryl methyl sites for hydroxylation is 4. The first-order valence-corrected chi connectivity index (χ1v) is 20.2. The summed E-state index contributed by atoms with van der Waals surface area (Å²) in [5.41, 5.74) is 14.9. The molecule has 0 aliphatic rings. The Hall–Kier alpha value is -6.12. The molecule has 2 nitrogen and oxygen atoms in total. The van der Waals surface area contributed by atoms with Gasteiger partial charge < -0.3 is 9.80 Å². The third-order valence-electron chi connectivity index (χ3n) is 12.2. The van der Waals surface area contributed by atoms with Crippen LogP contribution in [0, 0.1) is 27.7 Å². The van der Waals surface area contributed by atoms with E-state index in [1.54, 1.807) is 0 Å². The molecule has 2 heteroatoms. The first-order chi connectivity index (χ1) is 27.1. The molecule has 9 aromatic rings. The highest BCUT2D eigenvalue weighted by molar-refractivity contribution is 6.35. The molecule has 56 heavy (non-hydrogen) atoms. The number of hydrogen-bond donors (Lipinski definition) is 0.